The van der Waals surface area contributed by atoms with E-state index in [0.717, 1.165) is 18.7 Å². The minimum absolute atomic E-state index is 0.153. The molecule has 1 aromatic rings. The average Bonchev–Trinajstić information content (AvgIpc) is 2.14. The maximum Gasteiger partial charge on any atom is 0.123 e. The molecule has 1 fully saturated rings. The van der Waals surface area contributed by atoms with Crippen LogP contribution in [0.2, 0.25) is 0 Å². The van der Waals surface area contributed by atoms with Crippen molar-refractivity contribution in [1.29, 1.82) is 0 Å². The zero-order valence-electron chi connectivity index (χ0n) is 9.20. The molecule has 0 spiro atoms. The minimum Gasteiger partial charge on any atom is -0.314 e. The lowest BCUT2D eigenvalue weighted by molar-refractivity contribution is 0.136. The first kappa shape index (κ1) is 10.6. The molecule has 1 aliphatic heterocycles. The lowest BCUT2D eigenvalue weighted by Gasteiger charge is -2.39. The van der Waals surface area contributed by atoms with Crippen molar-refractivity contribution < 1.29 is 4.39 Å². The van der Waals surface area contributed by atoms with Gasteiger partial charge < -0.3 is 5.32 Å². The van der Waals surface area contributed by atoms with E-state index in [1.165, 1.54) is 6.07 Å². The van der Waals surface area contributed by atoms with Gasteiger partial charge in [0.05, 0.1) is 0 Å². The van der Waals surface area contributed by atoms with Crippen LogP contribution in [0.3, 0.4) is 0 Å². The number of benzene rings is 1. The molecule has 15 heavy (non-hydrogen) atoms. The largest absolute Gasteiger partial charge is 0.314 e. The molecule has 0 aromatic heterocycles. The number of hydrogen-bond acceptors (Lipinski definition) is 2. The van der Waals surface area contributed by atoms with Crippen LogP contribution in [-0.4, -0.2) is 31.1 Å². The molecule has 1 unspecified atom stereocenters. The third-order valence-corrected chi connectivity index (χ3v) is 3.28. The predicted octanol–water partition coefficient (Wildman–Crippen LogP) is 1.79. The van der Waals surface area contributed by atoms with E-state index in [4.69, 9.17) is 0 Å². The molecule has 0 radical (unpaired) electrons. The maximum absolute atomic E-state index is 13.1. The van der Waals surface area contributed by atoms with Gasteiger partial charge in [-0.3, -0.25) is 4.90 Å². The van der Waals surface area contributed by atoms with E-state index in [1.807, 2.05) is 6.07 Å². The van der Waals surface area contributed by atoms with Crippen LogP contribution >= 0.6 is 0 Å². The van der Waals surface area contributed by atoms with Crippen LogP contribution in [0.25, 0.3) is 0 Å². The summed E-state index contributed by atoms with van der Waals surface area (Å²) in [6.45, 7) is 4.19. The minimum atomic E-state index is -0.153. The summed E-state index contributed by atoms with van der Waals surface area (Å²) in [5.41, 5.74) is 1.05. The highest BCUT2D eigenvalue weighted by atomic mass is 19.1. The van der Waals surface area contributed by atoms with Gasteiger partial charge in [0.25, 0.3) is 0 Å². The summed E-state index contributed by atoms with van der Waals surface area (Å²) in [5.74, 6) is -0.153. The van der Waals surface area contributed by atoms with Crippen molar-refractivity contribution >= 4 is 0 Å². The van der Waals surface area contributed by atoms with Gasteiger partial charge in [-0.2, -0.15) is 0 Å². The molecule has 1 saturated heterocycles. The quantitative estimate of drug-likeness (QED) is 0.814. The summed E-state index contributed by atoms with van der Waals surface area (Å²) < 4.78 is 13.1. The number of rotatable bonds is 3. The lowest BCUT2D eigenvalue weighted by Crippen LogP contribution is -2.56. The van der Waals surface area contributed by atoms with E-state index in [-0.39, 0.29) is 11.9 Å². The van der Waals surface area contributed by atoms with E-state index in [1.54, 1.807) is 12.1 Å². The van der Waals surface area contributed by atoms with Gasteiger partial charge in [0.1, 0.15) is 5.82 Å². The Kier molecular flexibility index (Phi) is 3.03. The first-order valence-corrected chi connectivity index (χ1v) is 5.36. The fourth-order valence-electron chi connectivity index (χ4n) is 1.88. The monoisotopic (exact) mass is 208 g/mol. The summed E-state index contributed by atoms with van der Waals surface area (Å²) >= 11 is 0. The zero-order chi connectivity index (χ0) is 10.8. The Bertz CT molecular complexity index is 336. The second-order valence-electron chi connectivity index (χ2n) is 4.21. The van der Waals surface area contributed by atoms with Crippen molar-refractivity contribution in [2.75, 3.05) is 20.1 Å². The van der Waals surface area contributed by atoms with Crippen molar-refractivity contribution in [3.05, 3.63) is 35.6 Å². The van der Waals surface area contributed by atoms with Crippen LogP contribution < -0.4 is 5.32 Å². The number of nitrogens with zero attached hydrogens (tertiary/aromatic N) is 1. The molecule has 1 aliphatic rings. The van der Waals surface area contributed by atoms with Crippen molar-refractivity contribution in [1.82, 2.24) is 10.2 Å². The van der Waals surface area contributed by atoms with Gasteiger partial charge in [0, 0.05) is 25.2 Å². The summed E-state index contributed by atoms with van der Waals surface area (Å²) in [5, 5.41) is 3.24. The zero-order valence-corrected chi connectivity index (χ0v) is 9.20. The molecular formula is C12H17FN2. The van der Waals surface area contributed by atoms with Crippen LogP contribution in [0.4, 0.5) is 4.39 Å². The summed E-state index contributed by atoms with van der Waals surface area (Å²) in [4.78, 5) is 2.30. The van der Waals surface area contributed by atoms with Crippen molar-refractivity contribution in [2.45, 2.75) is 19.0 Å². The molecule has 1 atom stereocenters. The highest BCUT2D eigenvalue weighted by molar-refractivity contribution is 5.20. The summed E-state index contributed by atoms with van der Waals surface area (Å²) in [6, 6.07) is 7.72. The van der Waals surface area contributed by atoms with Crippen LogP contribution in [-0.2, 0) is 0 Å². The topological polar surface area (TPSA) is 15.3 Å². The fourth-order valence-corrected chi connectivity index (χ4v) is 1.88. The molecule has 82 valence electrons. The molecular weight excluding hydrogens is 191 g/mol. The Balaban J connectivity index is 2.08. The van der Waals surface area contributed by atoms with E-state index < -0.39 is 0 Å². The van der Waals surface area contributed by atoms with Gasteiger partial charge in [-0.15, -0.1) is 0 Å². The van der Waals surface area contributed by atoms with Crippen molar-refractivity contribution in [3.63, 3.8) is 0 Å². The van der Waals surface area contributed by atoms with Crippen molar-refractivity contribution in [3.8, 4) is 0 Å². The van der Waals surface area contributed by atoms with Gasteiger partial charge >= 0.3 is 0 Å². The van der Waals surface area contributed by atoms with E-state index in [0.29, 0.717) is 6.04 Å². The molecule has 2 nitrogen and oxygen atoms in total. The SMILES string of the molecule is CC(c1cccc(F)c1)N(C)C1CNC1. The molecule has 0 aliphatic carbocycles. The summed E-state index contributed by atoms with van der Waals surface area (Å²) in [7, 11) is 2.10. The Morgan fingerprint density at radius 2 is 2.20 bits per heavy atom. The highest BCUT2D eigenvalue weighted by Gasteiger charge is 2.25. The number of likely N-dealkylation sites (N-methyl/N-ethyl adjacent to an activating group) is 1. The normalized spacial score (nSPS) is 18.9. The Morgan fingerprint density at radius 1 is 1.47 bits per heavy atom. The molecule has 1 heterocycles. The van der Waals surface area contributed by atoms with Gasteiger partial charge in [-0.25, -0.2) is 4.39 Å². The van der Waals surface area contributed by atoms with Gasteiger partial charge in [-0.05, 0) is 31.7 Å². The molecule has 1 N–H and O–H groups in total. The summed E-state index contributed by atoms with van der Waals surface area (Å²) in [6.07, 6.45) is 0. The van der Waals surface area contributed by atoms with Crippen LogP contribution in [0, 0.1) is 5.82 Å². The second-order valence-corrected chi connectivity index (χ2v) is 4.21. The Morgan fingerprint density at radius 3 is 2.73 bits per heavy atom. The fraction of sp³-hybridized carbons (Fsp3) is 0.500. The van der Waals surface area contributed by atoms with Gasteiger partial charge in [0.2, 0.25) is 0 Å². The predicted molar refractivity (Wildman–Crippen MR) is 59.2 cm³/mol. The number of hydrogen-bond donors (Lipinski definition) is 1. The lowest BCUT2D eigenvalue weighted by atomic mass is 10.0. The van der Waals surface area contributed by atoms with Crippen LogP contribution in [0.1, 0.15) is 18.5 Å². The Hall–Kier alpha value is -0.930. The van der Waals surface area contributed by atoms with E-state index in [2.05, 4.69) is 24.2 Å². The third kappa shape index (κ3) is 2.19. The molecule has 3 heteroatoms. The molecule has 0 bridgehead atoms. The maximum atomic E-state index is 13.1. The van der Waals surface area contributed by atoms with Crippen LogP contribution in [0.15, 0.2) is 24.3 Å². The average molecular weight is 208 g/mol. The van der Waals surface area contributed by atoms with Crippen LogP contribution in [0.5, 0.6) is 0 Å². The molecule has 0 saturated carbocycles. The number of halogens is 1. The van der Waals surface area contributed by atoms with Gasteiger partial charge in [-0.1, -0.05) is 12.1 Å². The third-order valence-electron chi connectivity index (χ3n) is 3.28. The molecule has 2 rings (SSSR count). The number of nitrogens with one attached hydrogen (secondary N) is 1. The van der Waals surface area contributed by atoms with Gasteiger partial charge in [0.15, 0.2) is 0 Å². The Labute approximate surface area is 90.1 Å². The molecule has 0 amide bonds. The van der Waals surface area contributed by atoms with Crippen molar-refractivity contribution in [2.24, 2.45) is 0 Å². The first-order chi connectivity index (χ1) is 7.18. The highest BCUT2D eigenvalue weighted by Crippen LogP contribution is 2.22. The molecule has 1 aromatic carbocycles. The van der Waals surface area contributed by atoms with E-state index in [9.17, 15) is 4.39 Å². The smallest absolute Gasteiger partial charge is 0.123 e. The standard InChI is InChI=1S/C12H17FN2/c1-9(15(2)12-7-14-8-12)10-4-3-5-11(13)6-10/h3-6,9,12,14H,7-8H2,1-2H3. The first-order valence-electron chi connectivity index (χ1n) is 5.36. The second kappa shape index (κ2) is 4.29. The van der Waals surface area contributed by atoms with E-state index >= 15 is 0 Å².